The summed E-state index contributed by atoms with van der Waals surface area (Å²) in [5.41, 5.74) is 1.68. The molecule has 9 heteroatoms. The Morgan fingerprint density at radius 1 is 1.25 bits per heavy atom. The topological polar surface area (TPSA) is 67.8 Å². The number of hydrogen-bond acceptors (Lipinski definition) is 5. The molecule has 2 aromatic heterocycles. The fraction of sp³-hybridized carbons (Fsp3) is 0.261. The lowest BCUT2D eigenvalue weighted by Crippen LogP contribution is -2.43. The Morgan fingerprint density at radius 3 is 2.53 bits per heavy atom. The highest BCUT2D eigenvalue weighted by Crippen LogP contribution is 2.31. The number of furan rings is 1. The molecule has 0 saturated heterocycles. The van der Waals surface area contributed by atoms with Crippen molar-refractivity contribution in [3.05, 3.63) is 88.4 Å². The number of nitrogens with zero attached hydrogens (tertiary/aromatic N) is 3. The van der Waals surface area contributed by atoms with Gasteiger partial charge in [0.2, 0.25) is 0 Å². The van der Waals surface area contributed by atoms with Crippen LogP contribution in [0.25, 0.3) is 6.08 Å². The number of halogens is 2. The molecule has 0 unspecified atom stereocenters. The van der Waals surface area contributed by atoms with Gasteiger partial charge in [-0.15, -0.1) is 0 Å². The van der Waals surface area contributed by atoms with Gasteiger partial charge in [-0.05, 0) is 66.5 Å². The standard InChI is InChI=1S/C23H21BrClN3O3S/c1-4-27(5-2)22(30)19-13(3)26-23-28(20(19)14-6-8-15(25)9-7-14)21(29)17(32-23)12-16-10-11-18(24)31-16/h6-12,20H,4-5H2,1-3H3/b17-12+/t20-/m0/s1. The molecule has 0 N–H and O–H groups in total. The number of carbonyl (C=O) groups is 1. The van der Waals surface area contributed by atoms with Crippen molar-refractivity contribution in [1.29, 1.82) is 0 Å². The lowest BCUT2D eigenvalue weighted by atomic mass is 9.94. The van der Waals surface area contributed by atoms with Gasteiger partial charge in [-0.1, -0.05) is 35.1 Å². The number of amides is 1. The van der Waals surface area contributed by atoms with Crippen LogP contribution in [0, 0.1) is 0 Å². The van der Waals surface area contributed by atoms with Gasteiger partial charge in [0.1, 0.15) is 5.76 Å². The summed E-state index contributed by atoms with van der Waals surface area (Å²) in [5, 5.41) is 0.585. The largest absolute Gasteiger partial charge is 0.450 e. The van der Waals surface area contributed by atoms with Crippen molar-refractivity contribution in [2.24, 2.45) is 4.99 Å². The first-order chi connectivity index (χ1) is 15.3. The third-order valence-corrected chi connectivity index (χ3v) is 7.02. The quantitative estimate of drug-likeness (QED) is 0.495. The summed E-state index contributed by atoms with van der Waals surface area (Å²) in [4.78, 5) is 33.9. The van der Waals surface area contributed by atoms with Gasteiger partial charge in [0.15, 0.2) is 9.47 Å². The fourth-order valence-electron chi connectivity index (χ4n) is 3.77. The minimum atomic E-state index is -0.595. The molecule has 0 radical (unpaired) electrons. The number of aromatic nitrogens is 1. The number of carbonyl (C=O) groups excluding carboxylic acids is 1. The first-order valence-electron chi connectivity index (χ1n) is 10.2. The van der Waals surface area contributed by atoms with Gasteiger partial charge in [-0.25, -0.2) is 4.99 Å². The molecule has 0 fully saturated rings. The smallest absolute Gasteiger partial charge is 0.271 e. The predicted octanol–water partition coefficient (Wildman–Crippen LogP) is 4.11. The SMILES string of the molecule is CCN(CC)C(=O)C1=C(C)N=c2s/c(=C/c3ccc(Br)o3)c(=O)n2[C@H]1c1ccc(Cl)cc1. The van der Waals surface area contributed by atoms with Crippen LogP contribution in [0.2, 0.25) is 5.02 Å². The van der Waals surface area contributed by atoms with Crippen LogP contribution in [0.3, 0.4) is 0 Å². The summed E-state index contributed by atoms with van der Waals surface area (Å²) >= 11 is 10.7. The molecule has 1 amide bonds. The first kappa shape index (κ1) is 22.8. The first-order valence-corrected chi connectivity index (χ1v) is 12.1. The molecule has 3 heterocycles. The van der Waals surface area contributed by atoms with Crippen LogP contribution in [-0.2, 0) is 4.79 Å². The molecule has 3 aromatic rings. The molecule has 0 bridgehead atoms. The van der Waals surface area contributed by atoms with Crippen LogP contribution in [0.1, 0.15) is 38.1 Å². The van der Waals surface area contributed by atoms with E-state index in [9.17, 15) is 9.59 Å². The Hall–Kier alpha value is -2.42. The molecule has 0 spiro atoms. The van der Waals surface area contributed by atoms with Crippen LogP contribution in [0.4, 0.5) is 0 Å². The van der Waals surface area contributed by atoms with Gasteiger partial charge >= 0.3 is 0 Å². The second-order valence-corrected chi connectivity index (χ2v) is 9.48. The molecule has 0 saturated carbocycles. The Balaban J connectivity index is 1.96. The van der Waals surface area contributed by atoms with Crippen LogP contribution >= 0.6 is 38.9 Å². The van der Waals surface area contributed by atoms with Crippen LogP contribution in [0.15, 0.2) is 66.5 Å². The molecule has 6 nitrogen and oxygen atoms in total. The highest BCUT2D eigenvalue weighted by molar-refractivity contribution is 9.10. The lowest BCUT2D eigenvalue weighted by Gasteiger charge is -2.29. The number of thiazole rings is 1. The number of allylic oxidation sites excluding steroid dienone is 1. The third kappa shape index (κ3) is 4.14. The Kier molecular flexibility index (Phi) is 6.55. The molecule has 1 aromatic carbocycles. The second kappa shape index (κ2) is 9.21. The van der Waals surface area contributed by atoms with E-state index in [0.717, 1.165) is 5.56 Å². The van der Waals surface area contributed by atoms with E-state index in [-0.39, 0.29) is 11.5 Å². The van der Waals surface area contributed by atoms with E-state index in [1.807, 2.05) is 32.9 Å². The van der Waals surface area contributed by atoms with E-state index in [4.69, 9.17) is 16.0 Å². The van der Waals surface area contributed by atoms with Crippen LogP contribution in [0.5, 0.6) is 0 Å². The fourth-order valence-corrected chi connectivity index (χ4v) is 5.24. The molecule has 0 aliphatic carbocycles. The Bertz CT molecular complexity index is 1380. The zero-order valence-corrected chi connectivity index (χ0v) is 20.9. The van der Waals surface area contributed by atoms with E-state index in [1.54, 1.807) is 39.8 Å². The van der Waals surface area contributed by atoms with Crippen molar-refractivity contribution in [3.63, 3.8) is 0 Å². The predicted molar refractivity (Wildman–Crippen MR) is 130 cm³/mol. The molecular formula is C23H21BrClN3O3S. The van der Waals surface area contributed by atoms with Gasteiger partial charge in [0.05, 0.1) is 21.8 Å². The molecule has 1 aliphatic heterocycles. The minimum Gasteiger partial charge on any atom is -0.450 e. The van der Waals surface area contributed by atoms with Crippen LogP contribution < -0.4 is 14.9 Å². The van der Waals surface area contributed by atoms with Gasteiger partial charge in [0.25, 0.3) is 11.5 Å². The monoisotopic (exact) mass is 533 g/mol. The summed E-state index contributed by atoms with van der Waals surface area (Å²) in [7, 11) is 0. The van der Waals surface area contributed by atoms with E-state index < -0.39 is 6.04 Å². The zero-order chi connectivity index (χ0) is 23.0. The number of hydrogen-bond donors (Lipinski definition) is 0. The molecule has 32 heavy (non-hydrogen) atoms. The minimum absolute atomic E-state index is 0.125. The number of likely N-dealkylation sites (N-methyl/N-ethyl adjacent to an activating group) is 1. The van der Waals surface area contributed by atoms with E-state index in [1.165, 1.54) is 11.3 Å². The average Bonchev–Trinajstić information content (AvgIpc) is 3.31. The molecule has 166 valence electrons. The highest BCUT2D eigenvalue weighted by atomic mass is 79.9. The summed E-state index contributed by atoms with van der Waals surface area (Å²) in [6.45, 7) is 6.82. The van der Waals surface area contributed by atoms with Crippen molar-refractivity contribution in [2.45, 2.75) is 26.8 Å². The Labute approximate surface area is 202 Å². The molecule has 1 atom stereocenters. The maximum absolute atomic E-state index is 13.5. The van der Waals surface area contributed by atoms with E-state index in [0.29, 0.717) is 49.1 Å². The molecule has 4 rings (SSSR count). The normalized spacial score (nSPS) is 16.2. The van der Waals surface area contributed by atoms with Gasteiger partial charge in [-0.3, -0.25) is 14.2 Å². The van der Waals surface area contributed by atoms with Gasteiger partial charge in [0, 0.05) is 24.2 Å². The third-order valence-electron chi connectivity index (χ3n) is 5.36. The van der Waals surface area contributed by atoms with Crippen molar-refractivity contribution >= 4 is 50.9 Å². The van der Waals surface area contributed by atoms with Crippen molar-refractivity contribution in [2.75, 3.05) is 13.1 Å². The maximum atomic E-state index is 13.5. The van der Waals surface area contributed by atoms with E-state index >= 15 is 0 Å². The van der Waals surface area contributed by atoms with Crippen molar-refractivity contribution < 1.29 is 9.21 Å². The number of fused-ring (bicyclic) bond motifs is 1. The summed E-state index contributed by atoms with van der Waals surface area (Å²) < 4.78 is 8.20. The highest BCUT2D eigenvalue weighted by Gasteiger charge is 2.34. The number of rotatable bonds is 5. The van der Waals surface area contributed by atoms with Crippen molar-refractivity contribution in [1.82, 2.24) is 9.47 Å². The lowest BCUT2D eigenvalue weighted by molar-refractivity contribution is -0.127. The van der Waals surface area contributed by atoms with E-state index in [2.05, 4.69) is 20.9 Å². The maximum Gasteiger partial charge on any atom is 0.271 e. The van der Waals surface area contributed by atoms with Gasteiger partial charge < -0.3 is 9.32 Å². The Morgan fingerprint density at radius 2 is 1.94 bits per heavy atom. The summed E-state index contributed by atoms with van der Waals surface area (Å²) in [6, 6.07) is 10.2. The molecular weight excluding hydrogens is 514 g/mol. The summed E-state index contributed by atoms with van der Waals surface area (Å²) in [6.07, 6.45) is 1.69. The van der Waals surface area contributed by atoms with Crippen LogP contribution in [-0.4, -0.2) is 28.5 Å². The number of benzene rings is 1. The zero-order valence-electron chi connectivity index (χ0n) is 17.8. The average molecular weight is 535 g/mol. The summed E-state index contributed by atoms with van der Waals surface area (Å²) in [5.74, 6) is 0.431. The van der Waals surface area contributed by atoms with Crippen molar-refractivity contribution in [3.8, 4) is 0 Å². The van der Waals surface area contributed by atoms with Gasteiger partial charge in [-0.2, -0.15) is 0 Å². The second-order valence-electron chi connectivity index (χ2n) is 7.25. The molecule has 1 aliphatic rings.